The number of hydrogen-bond donors (Lipinski definition) is 0. The van der Waals surface area contributed by atoms with E-state index >= 15 is 0 Å². The number of nitro groups is 1. The molecule has 0 saturated carbocycles. The molecule has 0 aliphatic carbocycles. The smallest absolute Gasteiger partial charge is 0.363 e. The van der Waals surface area contributed by atoms with E-state index in [9.17, 15) is 14.9 Å². The monoisotopic (exact) mass is 352 g/mol. The topological polar surface area (TPSA) is 91.0 Å². The Balaban J connectivity index is 1.84. The molecule has 7 heteroatoms. The molecule has 0 N–H and O–H groups in total. The van der Waals surface area contributed by atoms with Gasteiger partial charge in [0.2, 0.25) is 5.90 Å². The molecular weight excluding hydrogens is 336 g/mol. The van der Waals surface area contributed by atoms with Crippen LogP contribution in [-0.4, -0.2) is 22.9 Å². The summed E-state index contributed by atoms with van der Waals surface area (Å²) in [5, 5.41) is 10.9. The highest BCUT2D eigenvalue weighted by Gasteiger charge is 2.25. The van der Waals surface area contributed by atoms with Crippen LogP contribution in [0.2, 0.25) is 0 Å². The molecule has 1 aliphatic heterocycles. The summed E-state index contributed by atoms with van der Waals surface area (Å²) in [5.41, 5.74) is 1.16. The zero-order chi connectivity index (χ0) is 18.7. The first-order chi connectivity index (χ1) is 12.4. The Labute approximate surface area is 149 Å². The molecule has 132 valence electrons. The predicted molar refractivity (Wildman–Crippen MR) is 95.9 cm³/mol. The third-order valence-corrected chi connectivity index (χ3v) is 3.48. The van der Waals surface area contributed by atoms with Crippen molar-refractivity contribution in [3.05, 3.63) is 75.5 Å². The Kier molecular flexibility index (Phi) is 4.79. The molecule has 0 bridgehead atoms. The van der Waals surface area contributed by atoms with Crippen LogP contribution in [0.3, 0.4) is 0 Å². The van der Waals surface area contributed by atoms with Gasteiger partial charge in [0, 0.05) is 17.7 Å². The Morgan fingerprint density at radius 3 is 2.58 bits per heavy atom. The van der Waals surface area contributed by atoms with Crippen LogP contribution in [-0.2, 0) is 9.53 Å². The fraction of sp³-hybridized carbons (Fsp3) is 0.158. The molecule has 2 aromatic carbocycles. The van der Waals surface area contributed by atoms with Gasteiger partial charge in [0.05, 0.1) is 11.0 Å². The van der Waals surface area contributed by atoms with Gasteiger partial charge in [0.25, 0.3) is 5.69 Å². The van der Waals surface area contributed by atoms with Crippen molar-refractivity contribution in [2.24, 2.45) is 4.99 Å². The molecule has 1 heterocycles. The van der Waals surface area contributed by atoms with Crippen molar-refractivity contribution < 1.29 is 19.2 Å². The molecule has 3 rings (SSSR count). The highest BCUT2D eigenvalue weighted by Crippen LogP contribution is 2.22. The van der Waals surface area contributed by atoms with Crippen molar-refractivity contribution >= 4 is 23.6 Å². The summed E-state index contributed by atoms with van der Waals surface area (Å²) in [6, 6.07) is 13.0. The van der Waals surface area contributed by atoms with Crippen LogP contribution < -0.4 is 4.74 Å². The second-order valence-electron chi connectivity index (χ2n) is 5.88. The van der Waals surface area contributed by atoms with E-state index in [1.165, 1.54) is 18.2 Å². The summed E-state index contributed by atoms with van der Waals surface area (Å²) in [5.74, 6) is 0.177. The van der Waals surface area contributed by atoms with Crippen LogP contribution in [0, 0.1) is 10.1 Å². The summed E-state index contributed by atoms with van der Waals surface area (Å²) in [4.78, 5) is 26.5. The van der Waals surface area contributed by atoms with E-state index in [1.54, 1.807) is 36.4 Å². The lowest BCUT2D eigenvalue weighted by atomic mass is 10.2. The summed E-state index contributed by atoms with van der Waals surface area (Å²) >= 11 is 0. The summed E-state index contributed by atoms with van der Waals surface area (Å²) in [6.45, 7) is 3.88. The van der Waals surface area contributed by atoms with Crippen LogP contribution in [0.5, 0.6) is 5.75 Å². The van der Waals surface area contributed by atoms with Gasteiger partial charge in [0.15, 0.2) is 5.70 Å². The van der Waals surface area contributed by atoms with Crippen molar-refractivity contribution in [1.29, 1.82) is 0 Å². The quantitative estimate of drug-likeness (QED) is 0.354. The second kappa shape index (κ2) is 7.18. The molecule has 7 nitrogen and oxygen atoms in total. The first-order valence-corrected chi connectivity index (χ1v) is 7.96. The van der Waals surface area contributed by atoms with E-state index in [0.717, 1.165) is 11.3 Å². The fourth-order valence-electron chi connectivity index (χ4n) is 2.36. The largest absolute Gasteiger partial charge is 0.491 e. The van der Waals surface area contributed by atoms with Crippen LogP contribution in [0.4, 0.5) is 5.69 Å². The lowest BCUT2D eigenvalue weighted by Gasteiger charge is -2.09. The first-order valence-electron chi connectivity index (χ1n) is 7.96. The molecule has 0 amide bonds. The number of non-ortho nitro benzene ring substituents is 1. The number of carbonyl (C=O) groups is 1. The lowest BCUT2D eigenvalue weighted by molar-refractivity contribution is -0.384. The fourth-order valence-corrected chi connectivity index (χ4v) is 2.36. The molecule has 0 fully saturated rings. The molecule has 0 radical (unpaired) electrons. The molecule has 26 heavy (non-hydrogen) atoms. The van der Waals surface area contributed by atoms with E-state index in [0.29, 0.717) is 5.56 Å². The number of carbonyl (C=O) groups excluding carboxylic acids is 1. The maximum Gasteiger partial charge on any atom is 0.363 e. The van der Waals surface area contributed by atoms with Crippen molar-refractivity contribution in [1.82, 2.24) is 0 Å². The third kappa shape index (κ3) is 3.94. The van der Waals surface area contributed by atoms with Crippen molar-refractivity contribution in [3.63, 3.8) is 0 Å². The minimum atomic E-state index is -0.603. The van der Waals surface area contributed by atoms with Gasteiger partial charge < -0.3 is 9.47 Å². The zero-order valence-electron chi connectivity index (χ0n) is 14.2. The van der Waals surface area contributed by atoms with Gasteiger partial charge in [0.1, 0.15) is 5.75 Å². The lowest BCUT2D eigenvalue weighted by Crippen LogP contribution is -2.05. The molecule has 2 aromatic rings. The molecule has 1 aliphatic rings. The Hall–Kier alpha value is -3.48. The normalized spacial score (nSPS) is 15.1. The number of nitrogens with zero attached hydrogens (tertiary/aromatic N) is 2. The molecular formula is C19H16N2O5. The van der Waals surface area contributed by atoms with Crippen LogP contribution >= 0.6 is 0 Å². The molecule has 0 aromatic heterocycles. The maximum atomic E-state index is 12.0. The summed E-state index contributed by atoms with van der Waals surface area (Å²) < 4.78 is 10.7. The predicted octanol–water partition coefficient (Wildman–Crippen LogP) is 3.73. The van der Waals surface area contributed by atoms with Gasteiger partial charge in [-0.25, -0.2) is 9.79 Å². The molecule has 0 atom stereocenters. The number of benzene rings is 2. The van der Waals surface area contributed by atoms with Gasteiger partial charge in [-0.1, -0.05) is 18.2 Å². The minimum Gasteiger partial charge on any atom is -0.491 e. The zero-order valence-corrected chi connectivity index (χ0v) is 14.2. The van der Waals surface area contributed by atoms with Gasteiger partial charge in [-0.3, -0.25) is 10.1 Å². The van der Waals surface area contributed by atoms with Crippen molar-refractivity contribution in [3.8, 4) is 5.75 Å². The Bertz CT molecular complexity index is 914. The van der Waals surface area contributed by atoms with Gasteiger partial charge in [-0.15, -0.1) is 0 Å². The van der Waals surface area contributed by atoms with E-state index < -0.39 is 10.9 Å². The Morgan fingerprint density at radius 1 is 1.19 bits per heavy atom. The number of ether oxygens (including phenoxy) is 2. The van der Waals surface area contributed by atoms with Crippen molar-refractivity contribution in [2.45, 2.75) is 20.0 Å². The minimum absolute atomic E-state index is 0.0460. The molecule has 0 spiro atoms. The highest BCUT2D eigenvalue weighted by molar-refractivity contribution is 6.13. The van der Waals surface area contributed by atoms with Crippen molar-refractivity contribution in [2.75, 3.05) is 0 Å². The standard InChI is InChI=1S/C19H16N2O5/c1-12(2)25-16-8-6-13(7-9-16)10-17-19(22)26-18(20-17)14-4-3-5-15(11-14)21(23)24/h3-12H,1-2H3/b17-10-. The van der Waals surface area contributed by atoms with Gasteiger partial charge in [-0.2, -0.15) is 0 Å². The van der Waals surface area contributed by atoms with Gasteiger partial charge >= 0.3 is 5.97 Å². The average molecular weight is 352 g/mol. The van der Waals surface area contributed by atoms with Gasteiger partial charge in [-0.05, 0) is 43.7 Å². The number of esters is 1. The summed E-state index contributed by atoms with van der Waals surface area (Å²) in [7, 11) is 0. The number of aliphatic imine (C=N–C) groups is 1. The summed E-state index contributed by atoms with van der Waals surface area (Å²) in [6.07, 6.45) is 1.66. The Morgan fingerprint density at radius 2 is 1.92 bits per heavy atom. The van der Waals surface area contributed by atoms with E-state index in [-0.39, 0.29) is 23.4 Å². The van der Waals surface area contributed by atoms with Crippen LogP contribution in [0.25, 0.3) is 6.08 Å². The highest BCUT2D eigenvalue weighted by atomic mass is 16.6. The SMILES string of the molecule is CC(C)Oc1ccc(/C=C2\N=C(c3cccc([N+](=O)[O-])c3)OC2=O)cc1. The van der Waals surface area contributed by atoms with Crippen LogP contribution in [0.1, 0.15) is 25.0 Å². The first kappa shape index (κ1) is 17.3. The maximum absolute atomic E-state index is 12.0. The van der Waals surface area contributed by atoms with E-state index in [1.807, 2.05) is 13.8 Å². The molecule has 0 saturated heterocycles. The second-order valence-corrected chi connectivity index (χ2v) is 5.88. The number of nitro benzene ring substituents is 1. The number of rotatable bonds is 5. The molecule has 0 unspecified atom stereocenters. The number of hydrogen-bond acceptors (Lipinski definition) is 6. The van der Waals surface area contributed by atoms with E-state index in [4.69, 9.17) is 9.47 Å². The number of cyclic esters (lactones) is 1. The van der Waals surface area contributed by atoms with E-state index in [2.05, 4.69) is 4.99 Å². The third-order valence-electron chi connectivity index (χ3n) is 3.48. The average Bonchev–Trinajstić information content (AvgIpc) is 2.97. The van der Waals surface area contributed by atoms with Crippen LogP contribution in [0.15, 0.2) is 59.2 Å².